The van der Waals surface area contributed by atoms with Gasteiger partial charge in [-0.2, -0.15) is 0 Å². The lowest BCUT2D eigenvalue weighted by Crippen LogP contribution is -2.19. The summed E-state index contributed by atoms with van der Waals surface area (Å²) in [5.41, 5.74) is 4.41. The van der Waals surface area contributed by atoms with E-state index in [1.165, 1.54) is 0 Å². The van der Waals surface area contributed by atoms with E-state index in [0.717, 1.165) is 27.9 Å². The first kappa shape index (κ1) is 14.1. The molecule has 2 N–H and O–H groups in total. The summed E-state index contributed by atoms with van der Waals surface area (Å²) in [5.74, 6) is 0.0430. The Bertz CT molecular complexity index is 712. The van der Waals surface area contributed by atoms with Crippen molar-refractivity contribution < 1.29 is 9.90 Å². The number of carbonyl (C=O) groups excluding carboxylic acids is 1. The Balaban J connectivity index is 1.97. The van der Waals surface area contributed by atoms with Gasteiger partial charge in [-0.1, -0.05) is 35.9 Å². The molecule has 1 atom stereocenters. The maximum absolute atomic E-state index is 11.4. The highest BCUT2D eigenvalue weighted by atomic mass is 35.5. The molecule has 0 fully saturated rings. The van der Waals surface area contributed by atoms with Crippen molar-refractivity contribution in [3.63, 3.8) is 0 Å². The maximum atomic E-state index is 11.4. The van der Waals surface area contributed by atoms with Gasteiger partial charge < -0.3 is 10.4 Å². The van der Waals surface area contributed by atoms with E-state index < -0.39 is 6.10 Å². The van der Waals surface area contributed by atoms with Crippen LogP contribution in [0.25, 0.3) is 0 Å². The summed E-state index contributed by atoms with van der Waals surface area (Å²) < 4.78 is 0. The first-order valence-electron chi connectivity index (χ1n) is 6.92. The fourth-order valence-corrected chi connectivity index (χ4v) is 2.86. The van der Waals surface area contributed by atoms with Crippen molar-refractivity contribution in [2.24, 2.45) is 0 Å². The van der Waals surface area contributed by atoms with E-state index in [4.69, 9.17) is 11.6 Å². The minimum atomic E-state index is -0.716. The first-order chi connectivity index (χ1) is 10.1. The van der Waals surface area contributed by atoms with Crippen LogP contribution >= 0.6 is 11.6 Å². The van der Waals surface area contributed by atoms with E-state index in [1.54, 1.807) is 0 Å². The van der Waals surface area contributed by atoms with Crippen LogP contribution in [0.5, 0.6) is 0 Å². The van der Waals surface area contributed by atoms with E-state index in [0.29, 0.717) is 17.9 Å². The third-order valence-electron chi connectivity index (χ3n) is 3.94. The first-order valence-corrected chi connectivity index (χ1v) is 7.30. The second kappa shape index (κ2) is 5.51. The Morgan fingerprint density at radius 3 is 2.86 bits per heavy atom. The van der Waals surface area contributed by atoms with E-state index >= 15 is 0 Å². The lowest BCUT2D eigenvalue weighted by Gasteiger charge is -2.20. The molecule has 0 radical (unpaired) electrons. The molecule has 1 aliphatic rings. The average Bonchev–Trinajstić information content (AvgIpc) is 2.49. The molecule has 108 valence electrons. The molecule has 1 amide bonds. The molecular formula is C17H16ClNO2. The molecule has 0 saturated carbocycles. The summed E-state index contributed by atoms with van der Waals surface area (Å²) in [7, 11) is 0. The van der Waals surface area contributed by atoms with Crippen molar-refractivity contribution >= 4 is 23.2 Å². The number of carbonyl (C=O) groups is 1. The molecule has 0 bridgehead atoms. The minimum Gasteiger partial charge on any atom is -0.384 e. The van der Waals surface area contributed by atoms with E-state index in [1.807, 2.05) is 43.3 Å². The number of hydrogen-bond donors (Lipinski definition) is 2. The van der Waals surface area contributed by atoms with Gasteiger partial charge in [-0.3, -0.25) is 4.79 Å². The fraction of sp³-hybridized carbons (Fsp3) is 0.235. The smallest absolute Gasteiger partial charge is 0.224 e. The van der Waals surface area contributed by atoms with E-state index in [2.05, 4.69) is 5.32 Å². The van der Waals surface area contributed by atoms with Crippen molar-refractivity contribution in [1.82, 2.24) is 0 Å². The van der Waals surface area contributed by atoms with Crippen LogP contribution in [0.2, 0.25) is 5.02 Å². The number of halogens is 1. The third kappa shape index (κ3) is 2.67. The number of hydrogen-bond acceptors (Lipinski definition) is 2. The van der Waals surface area contributed by atoms with Crippen LogP contribution in [-0.2, 0) is 11.2 Å². The van der Waals surface area contributed by atoms with Gasteiger partial charge >= 0.3 is 0 Å². The monoisotopic (exact) mass is 301 g/mol. The van der Waals surface area contributed by atoms with Gasteiger partial charge in [0.05, 0.1) is 0 Å². The maximum Gasteiger partial charge on any atom is 0.224 e. The van der Waals surface area contributed by atoms with Crippen LogP contribution in [0.3, 0.4) is 0 Å². The van der Waals surface area contributed by atoms with E-state index in [9.17, 15) is 9.90 Å². The number of nitrogens with one attached hydrogen (secondary N) is 1. The Kier molecular flexibility index (Phi) is 3.70. The van der Waals surface area contributed by atoms with Crippen LogP contribution in [0, 0.1) is 6.92 Å². The third-order valence-corrected chi connectivity index (χ3v) is 4.35. The molecule has 0 spiro atoms. The number of aliphatic hydroxyl groups is 1. The zero-order chi connectivity index (χ0) is 15.0. The summed E-state index contributed by atoms with van der Waals surface area (Å²) in [6, 6.07) is 11.2. The van der Waals surface area contributed by atoms with Gasteiger partial charge in [0.25, 0.3) is 0 Å². The predicted molar refractivity (Wildman–Crippen MR) is 83.6 cm³/mol. The summed E-state index contributed by atoms with van der Waals surface area (Å²) in [6.07, 6.45) is 0.477. The van der Waals surface area contributed by atoms with E-state index in [-0.39, 0.29) is 5.91 Å². The molecule has 0 aromatic heterocycles. The minimum absolute atomic E-state index is 0.0430. The molecule has 1 unspecified atom stereocenters. The number of aryl methyl sites for hydroxylation is 1. The largest absolute Gasteiger partial charge is 0.384 e. The van der Waals surface area contributed by atoms with Crippen molar-refractivity contribution in [3.05, 3.63) is 63.7 Å². The molecule has 1 heterocycles. The predicted octanol–water partition coefficient (Wildman–Crippen LogP) is 3.61. The number of anilines is 1. The highest BCUT2D eigenvalue weighted by Crippen LogP contribution is 2.32. The van der Waals surface area contributed by atoms with Gasteiger partial charge in [-0.25, -0.2) is 0 Å². The second-order valence-corrected chi connectivity index (χ2v) is 5.73. The van der Waals surface area contributed by atoms with Gasteiger partial charge in [0, 0.05) is 17.1 Å². The number of fused-ring (bicyclic) bond motifs is 1. The standard InChI is InChI=1S/C17H16ClNO2/c1-10-13(3-2-4-14(10)18)17(21)12-5-7-15-11(9-12)6-8-16(20)19-15/h2-5,7,9,17,21H,6,8H2,1H3,(H,19,20). The zero-order valence-corrected chi connectivity index (χ0v) is 12.4. The molecule has 21 heavy (non-hydrogen) atoms. The summed E-state index contributed by atoms with van der Waals surface area (Å²) in [4.78, 5) is 11.4. The Hall–Kier alpha value is -1.84. The lowest BCUT2D eigenvalue weighted by atomic mass is 9.93. The van der Waals surface area contributed by atoms with Gasteiger partial charge in [0.2, 0.25) is 5.91 Å². The molecule has 4 heteroatoms. The molecule has 3 nitrogen and oxygen atoms in total. The van der Waals surface area contributed by atoms with Crippen molar-refractivity contribution in [2.75, 3.05) is 5.32 Å². The van der Waals surface area contributed by atoms with Crippen LogP contribution in [-0.4, -0.2) is 11.0 Å². The van der Waals surface area contributed by atoms with Crippen molar-refractivity contribution in [1.29, 1.82) is 0 Å². The van der Waals surface area contributed by atoms with Crippen molar-refractivity contribution in [2.45, 2.75) is 25.9 Å². The Morgan fingerprint density at radius 2 is 2.05 bits per heavy atom. The van der Waals surface area contributed by atoms with Gasteiger partial charge in [0.15, 0.2) is 0 Å². The van der Waals surface area contributed by atoms with Crippen LogP contribution in [0.15, 0.2) is 36.4 Å². The normalized spacial score (nSPS) is 15.3. The number of aliphatic hydroxyl groups excluding tert-OH is 1. The highest BCUT2D eigenvalue weighted by molar-refractivity contribution is 6.31. The lowest BCUT2D eigenvalue weighted by molar-refractivity contribution is -0.116. The molecule has 1 aliphatic heterocycles. The number of rotatable bonds is 2. The van der Waals surface area contributed by atoms with Crippen LogP contribution < -0.4 is 5.32 Å². The summed E-state index contributed by atoms with van der Waals surface area (Å²) in [5, 5.41) is 14.1. The highest BCUT2D eigenvalue weighted by Gasteiger charge is 2.19. The molecule has 0 aliphatic carbocycles. The molecular weight excluding hydrogens is 286 g/mol. The number of amides is 1. The van der Waals surface area contributed by atoms with Gasteiger partial charge in [0.1, 0.15) is 6.10 Å². The molecule has 2 aromatic carbocycles. The SMILES string of the molecule is Cc1c(Cl)cccc1C(O)c1ccc2c(c1)CCC(=O)N2. The zero-order valence-electron chi connectivity index (χ0n) is 11.7. The Labute approximate surface area is 128 Å². The number of benzene rings is 2. The fourth-order valence-electron chi connectivity index (χ4n) is 2.67. The summed E-state index contributed by atoms with van der Waals surface area (Å²) >= 11 is 6.12. The topological polar surface area (TPSA) is 49.3 Å². The molecule has 0 saturated heterocycles. The molecule has 3 rings (SSSR count). The molecule has 2 aromatic rings. The quantitative estimate of drug-likeness (QED) is 0.890. The average molecular weight is 302 g/mol. The van der Waals surface area contributed by atoms with Gasteiger partial charge in [-0.05, 0) is 47.7 Å². The van der Waals surface area contributed by atoms with Gasteiger partial charge in [-0.15, -0.1) is 0 Å². The summed E-state index contributed by atoms with van der Waals surface area (Å²) in [6.45, 7) is 1.90. The van der Waals surface area contributed by atoms with Crippen molar-refractivity contribution in [3.8, 4) is 0 Å². The van der Waals surface area contributed by atoms with Crippen LogP contribution in [0.4, 0.5) is 5.69 Å². The Morgan fingerprint density at radius 1 is 1.24 bits per heavy atom. The van der Waals surface area contributed by atoms with Crippen LogP contribution in [0.1, 0.15) is 34.8 Å². The second-order valence-electron chi connectivity index (χ2n) is 5.32.